The van der Waals surface area contributed by atoms with Crippen molar-refractivity contribution >= 4 is 11.9 Å². The van der Waals surface area contributed by atoms with Crippen LogP contribution in [-0.2, 0) is 11.3 Å². The number of rotatable bonds is 5. The van der Waals surface area contributed by atoms with Crippen LogP contribution in [0.5, 0.6) is 0 Å². The standard InChI is InChI=1S/C16H17N3O3/c20-14(18-16(15(21)22)7-1-8-16)13-5-3-12(4-6-13)11-19-10-2-9-17-19/h2-6,9-10H,1,7-8,11H2,(H,18,20)(H,21,22). The van der Waals surface area contributed by atoms with Gasteiger partial charge >= 0.3 is 5.97 Å². The van der Waals surface area contributed by atoms with E-state index in [0.717, 1.165) is 12.0 Å². The topological polar surface area (TPSA) is 84.2 Å². The minimum atomic E-state index is -1.08. The summed E-state index contributed by atoms with van der Waals surface area (Å²) in [7, 11) is 0. The van der Waals surface area contributed by atoms with Crippen LogP contribution in [0.1, 0.15) is 35.2 Å². The van der Waals surface area contributed by atoms with E-state index in [2.05, 4.69) is 10.4 Å². The smallest absolute Gasteiger partial charge is 0.329 e. The largest absolute Gasteiger partial charge is 0.480 e. The summed E-state index contributed by atoms with van der Waals surface area (Å²) >= 11 is 0. The fourth-order valence-corrected chi connectivity index (χ4v) is 2.55. The van der Waals surface area contributed by atoms with E-state index in [-0.39, 0.29) is 5.91 Å². The van der Waals surface area contributed by atoms with Crippen molar-refractivity contribution < 1.29 is 14.7 Å². The molecule has 1 fully saturated rings. The average molecular weight is 299 g/mol. The molecule has 6 nitrogen and oxygen atoms in total. The van der Waals surface area contributed by atoms with Crippen LogP contribution in [0, 0.1) is 0 Å². The lowest BCUT2D eigenvalue weighted by atomic mass is 9.76. The third-order valence-corrected chi connectivity index (χ3v) is 4.09. The van der Waals surface area contributed by atoms with Crippen LogP contribution in [0.4, 0.5) is 0 Å². The molecule has 114 valence electrons. The maximum absolute atomic E-state index is 12.2. The molecule has 0 aliphatic heterocycles. The highest BCUT2D eigenvalue weighted by atomic mass is 16.4. The maximum Gasteiger partial charge on any atom is 0.329 e. The van der Waals surface area contributed by atoms with Crippen molar-refractivity contribution in [3.63, 3.8) is 0 Å². The van der Waals surface area contributed by atoms with E-state index in [0.29, 0.717) is 24.9 Å². The van der Waals surface area contributed by atoms with Gasteiger partial charge in [0.15, 0.2) is 0 Å². The van der Waals surface area contributed by atoms with Gasteiger partial charge in [0.2, 0.25) is 0 Å². The van der Waals surface area contributed by atoms with E-state index in [4.69, 9.17) is 0 Å². The van der Waals surface area contributed by atoms with Gasteiger partial charge in [-0.15, -0.1) is 0 Å². The summed E-state index contributed by atoms with van der Waals surface area (Å²) in [6.45, 7) is 0.633. The number of carboxylic acids is 1. The molecule has 1 saturated carbocycles. The van der Waals surface area contributed by atoms with E-state index in [9.17, 15) is 14.7 Å². The van der Waals surface area contributed by atoms with Gasteiger partial charge in [0.05, 0.1) is 6.54 Å². The van der Waals surface area contributed by atoms with Gasteiger partial charge in [0, 0.05) is 18.0 Å². The van der Waals surface area contributed by atoms with Gasteiger partial charge in [0.25, 0.3) is 5.91 Å². The number of amides is 1. The minimum absolute atomic E-state index is 0.340. The Labute approximate surface area is 127 Å². The first-order valence-electron chi connectivity index (χ1n) is 7.21. The van der Waals surface area contributed by atoms with E-state index in [1.165, 1.54) is 0 Å². The normalized spacial score (nSPS) is 15.8. The molecule has 0 atom stereocenters. The molecule has 1 aromatic carbocycles. The second kappa shape index (κ2) is 5.63. The van der Waals surface area contributed by atoms with Crippen molar-refractivity contribution in [2.75, 3.05) is 0 Å². The fourth-order valence-electron chi connectivity index (χ4n) is 2.55. The number of carboxylic acid groups (broad SMARTS) is 1. The first kappa shape index (κ1) is 14.3. The zero-order valence-electron chi connectivity index (χ0n) is 12.0. The number of aliphatic carboxylic acids is 1. The Morgan fingerprint density at radius 1 is 1.27 bits per heavy atom. The maximum atomic E-state index is 12.2. The Kier molecular flexibility index (Phi) is 3.66. The van der Waals surface area contributed by atoms with Crippen molar-refractivity contribution in [3.8, 4) is 0 Å². The summed E-state index contributed by atoms with van der Waals surface area (Å²) in [6.07, 6.45) is 5.39. The molecule has 0 spiro atoms. The summed E-state index contributed by atoms with van der Waals surface area (Å²) in [4.78, 5) is 23.5. The zero-order valence-corrected chi connectivity index (χ0v) is 12.0. The van der Waals surface area contributed by atoms with Gasteiger partial charge in [-0.2, -0.15) is 5.10 Å². The van der Waals surface area contributed by atoms with E-state index in [1.807, 2.05) is 24.4 Å². The average Bonchev–Trinajstić information content (AvgIpc) is 2.96. The van der Waals surface area contributed by atoms with Crippen molar-refractivity contribution in [1.82, 2.24) is 15.1 Å². The number of nitrogens with one attached hydrogen (secondary N) is 1. The third kappa shape index (κ3) is 2.72. The van der Waals surface area contributed by atoms with E-state index < -0.39 is 11.5 Å². The molecule has 0 radical (unpaired) electrons. The molecule has 2 N–H and O–H groups in total. The first-order chi connectivity index (χ1) is 10.6. The molecular weight excluding hydrogens is 282 g/mol. The van der Waals surface area contributed by atoms with Gasteiger partial charge in [-0.3, -0.25) is 9.48 Å². The number of hydrogen-bond acceptors (Lipinski definition) is 3. The number of benzene rings is 1. The molecule has 1 amide bonds. The number of aromatic nitrogens is 2. The molecule has 1 aromatic heterocycles. The van der Waals surface area contributed by atoms with Gasteiger partial charge in [-0.1, -0.05) is 12.1 Å². The SMILES string of the molecule is O=C(NC1(C(=O)O)CCC1)c1ccc(Cn2cccn2)cc1. The highest BCUT2D eigenvalue weighted by molar-refractivity contribution is 5.98. The Hall–Kier alpha value is -2.63. The summed E-state index contributed by atoms with van der Waals surface area (Å²) in [6, 6.07) is 8.98. The van der Waals surface area contributed by atoms with Crippen LogP contribution >= 0.6 is 0 Å². The minimum Gasteiger partial charge on any atom is -0.480 e. The Bertz CT molecular complexity index is 673. The highest BCUT2D eigenvalue weighted by Gasteiger charge is 2.45. The van der Waals surface area contributed by atoms with E-state index >= 15 is 0 Å². The van der Waals surface area contributed by atoms with Crippen molar-refractivity contribution in [2.24, 2.45) is 0 Å². The lowest BCUT2D eigenvalue weighted by Gasteiger charge is -2.38. The molecule has 1 heterocycles. The molecule has 0 saturated heterocycles. The van der Waals surface area contributed by atoms with Crippen LogP contribution < -0.4 is 5.32 Å². The van der Waals surface area contributed by atoms with Crippen molar-refractivity contribution in [3.05, 3.63) is 53.9 Å². The molecule has 0 bridgehead atoms. The predicted molar refractivity (Wildman–Crippen MR) is 79.5 cm³/mol. The second-order valence-corrected chi connectivity index (χ2v) is 5.60. The van der Waals surface area contributed by atoms with Crippen LogP contribution in [0.15, 0.2) is 42.7 Å². The van der Waals surface area contributed by atoms with Crippen LogP contribution in [-0.4, -0.2) is 32.3 Å². The molecule has 1 aliphatic rings. The van der Waals surface area contributed by atoms with Crippen LogP contribution in [0.3, 0.4) is 0 Å². The first-order valence-corrected chi connectivity index (χ1v) is 7.21. The fraction of sp³-hybridized carbons (Fsp3) is 0.312. The molecule has 1 aliphatic carbocycles. The Morgan fingerprint density at radius 3 is 2.50 bits per heavy atom. The summed E-state index contributed by atoms with van der Waals surface area (Å²) < 4.78 is 1.79. The number of hydrogen-bond donors (Lipinski definition) is 2. The Morgan fingerprint density at radius 2 is 2.00 bits per heavy atom. The molecule has 3 rings (SSSR count). The van der Waals surface area contributed by atoms with Gasteiger partial charge < -0.3 is 10.4 Å². The van der Waals surface area contributed by atoms with Gasteiger partial charge in [-0.25, -0.2) is 4.79 Å². The summed E-state index contributed by atoms with van der Waals surface area (Å²) in [5, 5.41) is 16.0. The zero-order chi connectivity index (χ0) is 15.6. The summed E-state index contributed by atoms with van der Waals surface area (Å²) in [5.41, 5.74) is 0.416. The molecule has 2 aromatic rings. The predicted octanol–water partition coefficient (Wildman–Crippen LogP) is 1.67. The van der Waals surface area contributed by atoms with Gasteiger partial charge in [-0.05, 0) is 43.0 Å². The molecule has 0 unspecified atom stereocenters. The Balaban J connectivity index is 1.67. The van der Waals surface area contributed by atoms with Crippen LogP contribution in [0.25, 0.3) is 0 Å². The van der Waals surface area contributed by atoms with E-state index in [1.54, 1.807) is 23.0 Å². The number of carbonyl (C=O) groups excluding carboxylic acids is 1. The van der Waals surface area contributed by atoms with Gasteiger partial charge in [0.1, 0.15) is 5.54 Å². The quantitative estimate of drug-likeness (QED) is 0.879. The third-order valence-electron chi connectivity index (χ3n) is 4.09. The molecule has 6 heteroatoms. The lowest BCUT2D eigenvalue weighted by Crippen LogP contribution is -2.59. The number of carbonyl (C=O) groups is 2. The number of nitrogens with zero attached hydrogens (tertiary/aromatic N) is 2. The monoisotopic (exact) mass is 299 g/mol. The van der Waals surface area contributed by atoms with Crippen molar-refractivity contribution in [1.29, 1.82) is 0 Å². The second-order valence-electron chi connectivity index (χ2n) is 5.60. The molecular formula is C16H17N3O3. The highest BCUT2D eigenvalue weighted by Crippen LogP contribution is 2.32. The summed E-state index contributed by atoms with van der Waals surface area (Å²) in [5.74, 6) is -1.30. The van der Waals surface area contributed by atoms with Crippen molar-refractivity contribution in [2.45, 2.75) is 31.3 Å². The molecule has 22 heavy (non-hydrogen) atoms. The van der Waals surface area contributed by atoms with Crippen LogP contribution in [0.2, 0.25) is 0 Å². The lowest BCUT2D eigenvalue weighted by molar-refractivity contribution is -0.148.